The molecule has 0 bridgehead atoms. The molecular formula is C15H20N4O. The molecule has 1 atom stereocenters. The van der Waals surface area contributed by atoms with Crippen LogP contribution in [0.2, 0.25) is 0 Å². The van der Waals surface area contributed by atoms with E-state index in [1.165, 1.54) is 0 Å². The number of nitrogens with zero attached hydrogens (tertiary/aromatic N) is 2. The maximum Gasteiger partial charge on any atom is 0.0803 e. The van der Waals surface area contributed by atoms with E-state index in [0.29, 0.717) is 13.1 Å². The molecule has 20 heavy (non-hydrogen) atoms. The van der Waals surface area contributed by atoms with Crippen molar-refractivity contribution in [1.82, 2.24) is 9.99 Å². The lowest BCUT2D eigenvalue weighted by Gasteiger charge is -2.19. The summed E-state index contributed by atoms with van der Waals surface area (Å²) < 4.78 is 0. The molecule has 0 saturated heterocycles. The van der Waals surface area contributed by atoms with Crippen LogP contribution in [0, 0.1) is 0 Å². The van der Waals surface area contributed by atoms with Gasteiger partial charge < -0.3 is 10.8 Å². The molecule has 1 unspecified atom stereocenters. The van der Waals surface area contributed by atoms with Gasteiger partial charge in [0.05, 0.1) is 11.8 Å². The summed E-state index contributed by atoms with van der Waals surface area (Å²) in [6.07, 6.45) is 1.19. The van der Waals surface area contributed by atoms with Crippen LogP contribution in [-0.2, 0) is 6.54 Å². The Labute approximate surface area is 118 Å². The number of aliphatic hydroxyl groups is 1. The normalized spacial score (nSPS) is 12.6. The second-order valence-electron chi connectivity index (χ2n) is 4.73. The van der Waals surface area contributed by atoms with Gasteiger partial charge in [-0.2, -0.15) is 0 Å². The Morgan fingerprint density at radius 3 is 2.50 bits per heavy atom. The van der Waals surface area contributed by atoms with E-state index >= 15 is 0 Å². The van der Waals surface area contributed by atoms with E-state index in [-0.39, 0.29) is 6.54 Å². The number of aromatic nitrogens is 1. The Morgan fingerprint density at radius 1 is 1.15 bits per heavy atom. The van der Waals surface area contributed by atoms with Gasteiger partial charge in [-0.3, -0.25) is 10.8 Å². The van der Waals surface area contributed by atoms with Crippen LogP contribution < -0.4 is 11.6 Å². The van der Waals surface area contributed by atoms with Gasteiger partial charge in [0, 0.05) is 31.4 Å². The van der Waals surface area contributed by atoms with E-state index in [1.807, 2.05) is 42.5 Å². The summed E-state index contributed by atoms with van der Waals surface area (Å²) in [7, 11) is 0. The van der Waals surface area contributed by atoms with Crippen molar-refractivity contribution in [3.63, 3.8) is 0 Å². The summed E-state index contributed by atoms with van der Waals surface area (Å²) in [5, 5.41) is 11.0. The number of benzene rings is 1. The van der Waals surface area contributed by atoms with E-state index in [0.717, 1.165) is 16.8 Å². The molecule has 5 heteroatoms. The second-order valence-corrected chi connectivity index (χ2v) is 4.73. The van der Waals surface area contributed by atoms with Gasteiger partial charge in [0.2, 0.25) is 0 Å². The standard InChI is InChI=1S/C15H20N4O/c16-9-14(20)11-19(17)10-12-4-6-13(7-5-12)15-3-1-2-8-18-15/h1-8,14,20H,9-11,16-17H2. The second kappa shape index (κ2) is 7.12. The quantitative estimate of drug-likeness (QED) is 0.533. The number of hydrogen-bond donors (Lipinski definition) is 3. The lowest BCUT2D eigenvalue weighted by Crippen LogP contribution is -2.40. The van der Waals surface area contributed by atoms with Gasteiger partial charge in [0.1, 0.15) is 0 Å². The third-order valence-corrected chi connectivity index (χ3v) is 3.02. The van der Waals surface area contributed by atoms with E-state index in [2.05, 4.69) is 4.98 Å². The van der Waals surface area contributed by atoms with Crippen LogP contribution in [0.3, 0.4) is 0 Å². The first-order valence-corrected chi connectivity index (χ1v) is 6.57. The van der Waals surface area contributed by atoms with E-state index in [4.69, 9.17) is 11.6 Å². The Balaban J connectivity index is 1.98. The van der Waals surface area contributed by atoms with Crippen molar-refractivity contribution in [1.29, 1.82) is 0 Å². The van der Waals surface area contributed by atoms with Crippen molar-refractivity contribution in [2.75, 3.05) is 13.1 Å². The van der Waals surface area contributed by atoms with Gasteiger partial charge in [0.15, 0.2) is 0 Å². The zero-order valence-electron chi connectivity index (χ0n) is 11.3. The van der Waals surface area contributed by atoms with Crippen LogP contribution in [-0.4, -0.2) is 34.3 Å². The minimum atomic E-state index is -0.590. The van der Waals surface area contributed by atoms with Gasteiger partial charge in [-0.05, 0) is 17.7 Å². The largest absolute Gasteiger partial charge is 0.390 e. The molecule has 106 valence electrons. The van der Waals surface area contributed by atoms with Crippen molar-refractivity contribution in [2.24, 2.45) is 11.6 Å². The maximum atomic E-state index is 9.44. The molecule has 0 aliphatic carbocycles. The smallest absolute Gasteiger partial charge is 0.0803 e. The topological polar surface area (TPSA) is 88.4 Å². The molecule has 1 aromatic heterocycles. The molecule has 0 amide bonds. The fourth-order valence-corrected chi connectivity index (χ4v) is 1.96. The first-order chi connectivity index (χ1) is 9.69. The van der Waals surface area contributed by atoms with Gasteiger partial charge in [-0.25, -0.2) is 5.01 Å². The van der Waals surface area contributed by atoms with Crippen molar-refractivity contribution >= 4 is 0 Å². The maximum absolute atomic E-state index is 9.44. The summed E-state index contributed by atoms with van der Waals surface area (Å²) in [6, 6.07) is 13.9. The molecule has 0 fully saturated rings. The van der Waals surface area contributed by atoms with Crippen molar-refractivity contribution in [3.8, 4) is 11.3 Å². The highest BCUT2D eigenvalue weighted by Crippen LogP contribution is 2.17. The van der Waals surface area contributed by atoms with Crippen LogP contribution >= 0.6 is 0 Å². The zero-order chi connectivity index (χ0) is 14.4. The monoisotopic (exact) mass is 272 g/mol. The SMILES string of the molecule is NCC(O)CN(N)Cc1ccc(-c2ccccn2)cc1. The average Bonchev–Trinajstić information content (AvgIpc) is 2.48. The summed E-state index contributed by atoms with van der Waals surface area (Å²) in [6.45, 7) is 1.14. The minimum absolute atomic E-state index is 0.215. The van der Waals surface area contributed by atoms with Crippen LogP contribution in [0.25, 0.3) is 11.3 Å². The van der Waals surface area contributed by atoms with Crippen molar-refractivity contribution in [3.05, 3.63) is 54.2 Å². The molecule has 5 N–H and O–H groups in total. The molecular weight excluding hydrogens is 252 g/mol. The van der Waals surface area contributed by atoms with Crippen LogP contribution in [0.15, 0.2) is 48.7 Å². The molecule has 0 spiro atoms. The summed E-state index contributed by atoms with van der Waals surface area (Å²) in [4.78, 5) is 4.31. The summed E-state index contributed by atoms with van der Waals surface area (Å²) in [5.74, 6) is 5.84. The van der Waals surface area contributed by atoms with Crippen molar-refractivity contribution < 1.29 is 5.11 Å². The Bertz CT molecular complexity index is 515. The number of nitrogens with two attached hydrogens (primary N) is 2. The number of aliphatic hydroxyl groups excluding tert-OH is 1. The highest BCUT2D eigenvalue weighted by atomic mass is 16.3. The van der Waals surface area contributed by atoms with E-state index in [1.54, 1.807) is 11.2 Å². The van der Waals surface area contributed by atoms with Crippen LogP contribution in [0.1, 0.15) is 5.56 Å². The molecule has 0 aliphatic heterocycles. The Morgan fingerprint density at radius 2 is 1.90 bits per heavy atom. The van der Waals surface area contributed by atoms with Crippen molar-refractivity contribution in [2.45, 2.75) is 12.6 Å². The number of rotatable bonds is 6. The van der Waals surface area contributed by atoms with Crippen LogP contribution in [0.4, 0.5) is 0 Å². The molecule has 2 rings (SSSR count). The first-order valence-electron chi connectivity index (χ1n) is 6.57. The molecule has 1 aromatic carbocycles. The van der Waals surface area contributed by atoms with E-state index < -0.39 is 6.10 Å². The average molecular weight is 272 g/mol. The van der Waals surface area contributed by atoms with Gasteiger partial charge in [-0.1, -0.05) is 30.3 Å². The molecule has 2 aromatic rings. The molecule has 0 aliphatic rings. The molecule has 0 radical (unpaired) electrons. The van der Waals surface area contributed by atoms with Crippen LogP contribution in [0.5, 0.6) is 0 Å². The summed E-state index contributed by atoms with van der Waals surface area (Å²) >= 11 is 0. The van der Waals surface area contributed by atoms with Gasteiger partial charge in [-0.15, -0.1) is 0 Å². The molecule has 0 saturated carbocycles. The Hall–Kier alpha value is -1.79. The number of hydrogen-bond acceptors (Lipinski definition) is 5. The predicted octanol–water partition coefficient (Wildman–Crippen LogP) is 0.744. The van der Waals surface area contributed by atoms with Gasteiger partial charge >= 0.3 is 0 Å². The van der Waals surface area contributed by atoms with E-state index in [9.17, 15) is 5.11 Å². The van der Waals surface area contributed by atoms with Gasteiger partial charge in [0.25, 0.3) is 0 Å². The third kappa shape index (κ3) is 4.11. The fourth-order valence-electron chi connectivity index (χ4n) is 1.96. The highest BCUT2D eigenvalue weighted by Gasteiger charge is 2.07. The zero-order valence-corrected chi connectivity index (χ0v) is 11.3. The Kier molecular flexibility index (Phi) is 5.20. The molecule has 1 heterocycles. The predicted molar refractivity (Wildman–Crippen MR) is 79.3 cm³/mol. The number of pyridine rings is 1. The number of hydrazine groups is 1. The minimum Gasteiger partial charge on any atom is -0.390 e. The summed E-state index contributed by atoms with van der Waals surface area (Å²) in [5.41, 5.74) is 8.45. The fraction of sp³-hybridized carbons (Fsp3) is 0.267. The highest BCUT2D eigenvalue weighted by molar-refractivity contribution is 5.58. The lowest BCUT2D eigenvalue weighted by atomic mass is 10.1. The molecule has 5 nitrogen and oxygen atoms in total. The third-order valence-electron chi connectivity index (χ3n) is 3.02. The first kappa shape index (κ1) is 14.6. The lowest BCUT2D eigenvalue weighted by molar-refractivity contribution is 0.115.